The molecule has 2 rings (SSSR count). The van der Waals surface area contributed by atoms with E-state index in [4.69, 9.17) is 4.74 Å². The van der Waals surface area contributed by atoms with E-state index in [1.165, 1.54) is 12.1 Å². The van der Waals surface area contributed by atoms with Gasteiger partial charge >= 0.3 is 6.18 Å². The SMILES string of the molecule is COCCNc1cc(C)nc(Nc2ccc(C(F)(F)F)cc2)n1. The number of hydrogen-bond acceptors (Lipinski definition) is 5. The van der Waals surface area contributed by atoms with Gasteiger partial charge in [-0.05, 0) is 31.2 Å². The Morgan fingerprint density at radius 3 is 2.43 bits per heavy atom. The van der Waals surface area contributed by atoms with Crippen LogP contribution < -0.4 is 10.6 Å². The predicted molar refractivity (Wildman–Crippen MR) is 81.9 cm³/mol. The highest BCUT2D eigenvalue weighted by Crippen LogP contribution is 2.30. The Labute approximate surface area is 131 Å². The molecule has 8 heteroatoms. The molecular formula is C15H17F3N4O. The van der Waals surface area contributed by atoms with Gasteiger partial charge in [0.05, 0.1) is 12.2 Å². The van der Waals surface area contributed by atoms with E-state index >= 15 is 0 Å². The molecule has 1 aromatic carbocycles. The maximum Gasteiger partial charge on any atom is 0.416 e. The molecule has 124 valence electrons. The molecule has 2 N–H and O–H groups in total. The topological polar surface area (TPSA) is 59.1 Å². The summed E-state index contributed by atoms with van der Waals surface area (Å²) in [5, 5.41) is 5.97. The molecule has 5 nitrogen and oxygen atoms in total. The van der Waals surface area contributed by atoms with Crippen LogP contribution in [0.3, 0.4) is 0 Å². The van der Waals surface area contributed by atoms with Crippen LogP contribution in [0.4, 0.5) is 30.6 Å². The number of nitrogens with one attached hydrogen (secondary N) is 2. The zero-order valence-electron chi connectivity index (χ0n) is 12.7. The molecule has 0 saturated heterocycles. The van der Waals surface area contributed by atoms with Crippen LogP contribution in [0.5, 0.6) is 0 Å². The standard InChI is InChI=1S/C15H17F3N4O/c1-10-9-13(19-7-8-23-2)22-14(20-10)21-12-5-3-11(4-6-12)15(16,17)18/h3-6,9H,7-8H2,1-2H3,(H2,19,20,21,22). The molecule has 0 radical (unpaired) electrons. The Morgan fingerprint density at radius 2 is 1.83 bits per heavy atom. The monoisotopic (exact) mass is 326 g/mol. The number of alkyl halides is 3. The van der Waals surface area contributed by atoms with Crippen molar-refractivity contribution in [1.82, 2.24) is 9.97 Å². The summed E-state index contributed by atoms with van der Waals surface area (Å²) in [6.07, 6.45) is -4.35. The summed E-state index contributed by atoms with van der Waals surface area (Å²) in [6, 6.07) is 6.47. The quantitative estimate of drug-likeness (QED) is 0.794. The van der Waals surface area contributed by atoms with Crippen LogP contribution in [0.25, 0.3) is 0 Å². The summed E-state index contributed by atoms with van der Waals surface area (Å²) in [7, 11) is 1.60. The number of methoxy groups -OCH3 is 1. The van der Waals surface area contributed by atoms with Crippen LogP contribution in [-0.4, -0.2) is 30.2 Å². The molecule has 0 fully saturated rings. The lowest BCUT2D eigenvalue weighted by Gasteiger charge is -2.11. The molecule has 0 atom stereocenters. The van der Waals surface area contributed by atoms with E-state index in [-0.39, 0.29) is 0 Å². The minimum Gasteiger partial charge on any atom is -0.383 e. The lowest BCUT2D eigenvalue weighted by atomic mass is 10.2. The van der Waals surface area contributed by atoms with Gasteiger partial charge in [0, 0.05) is 31.1 Å². The molecule has 1 aromatic heterocycles. The molecule has 0 aliphatic heterocycles. The first kappa shape index (κ1) is 17.0. The van der Waals surface area contributed by atoms with Gasteiger partial charge in [0.2, 0.25) is 5.95 Å². The van der Waals surface area contributed by atoms with Gasteiger partial charge < -0.3 is 15.4 Å². The van der Waals surface area contributed by atoms with E-state index in [0.29, 0.717) is 30.6 Å². The van der Waals surface area contributed by atoms with E-state index in [1.54, 1.807) is 20.1 Å². The number of aryl methyl sites for hydroxylation is 1. The Balaban J connectivity index is 2.10. The lowest BCUT2D eigenvalue weighted by Crippen LogP contribution is -2.10. The van der Waals surface area contributed by atoms with Crippen molar-refractivity contribution < 1.29 is 17.9 Å². The fourth-order valence-corrected chi connectivity index (χ4v) is 1.87. The van der Waals surface area contributed by atoms with Crippen molar-refractivity contribution in [3.63, 3.8) is 0 Å². The largest absolute Gasteiger partial charge is 0.416 e. The number of nitrogens with zero attached hydrogens (tertiary/aromatic N) is 2. The van der Waals surface area contributed by atoms with Gasteiger partial charge in [-0.1, -0.05) is 0 Å². The Bertz CT molecular complexity index is 644. The van der Waals surface area contributed by atoms with Crippen molar-refractivity contribution >= 4 is 17.5 Å². The maximum atomic E-state index is 12.5. The third-order valence-corrected chi connectivity index (χ3v) is 2.93. The summed E-state index contributed by atoms with van der Waals surface area (Å²) < 4.78 is 42.6. The molecule has 23 heavy (non-hydrogen) atoms. The van der Waals surface area contributed by atoms with Crippen LogP contribution >= 0.6 is 0 Å². The second-order valence-corrected chi connectivity index (χ2v) is 4.84. The Hall–Kier alpha value is -2.35. The first-order valence-corrected chi connectivity index (χ1v) is 6.91. The average molecular weight is 326 g/mol. The summed E-state index contributed by atoms with van der Waals surface area (Å²) in [5.41, 5.74) is 0.510. The molecule has 0 aliphatic carbocycles. The van der Waals surface area contributed by atoms with Crippen LogP contribution in [0, 0.1) is 6.92 Å². The third kappa shape index (κ3) is 5.10. The van der Waals surface area contributed by atoms with Crippen LogP contribution in [0.15, 0.2) is 30.3 Å². The van der Waals surface area contributed by atoms with Crippen molar-refractivity contribution in [3.05, 3.63) is 41.6 Å². The fourth-order valence-electron chi connectivity index (χ4n) is 1.87. The first-order valence-electron chi connectivity index (χ1n) is 6.91. The average Bonchev–Trinajstić information content (AvgIpc) is 2.46. The Kier molecular flexibility index (Phi) is 5.38. The van der Waals surface area contributed by atoms with Gasteiger partial charge in [0.25, 0.3) is 0 Å². The molecule has 0 amide bonds. The van der Waals surface area contributed by atoms with Gasteiger partial charge in [-0.15, -0.1) is 0 Å². The van der Waals surface area contributed by atoms with Crippen molar-refractivity contribution in [3.8, 4) is 0 Å². The number of hydrogen-bond donors (Lipinski definition) is 2. The van der Waals surface area contributed by atoms with Gasteiger partial charge in [0.15, 0.2) is 0 Å². The van der Waals surface area contributed by atoms with E-state index in [0.717, 1.165) is 17.8 Å². The second kappa shape index (κ2) is 7.28. The highest BCUT2D eigenvalue weighted by atomic mass is 19.4. The number of halogens is 3. The number of anilines is 3. The molecule has 0 aliphatic rings. The predicted octanol–water partition coefficient (Wildman–Crippen LogP) is 3.61. The number of benzene rings is 1. The van der Waals surface area contributed by atoms with Gasteiger partial charge in [-0.25, -0.2) is 4.98 Å². The summed E-state index contributed by atoms with van der Waals surface area (Å²) >= 11 is 0. The normalized spacial score (nSPS) is 11.3. The summed E-state index contributed by atoms with van der Waals surface area (Å²) in [6.45, 7) is 2.93. The summed E-state index contributed by atoms with van der Waals surface area (Å²) in [5.74, 6) is 0.925. The Morgan fingerprint density at radius 1 is 1.13 bits per heavy atom. The number of aromatic nitrogens is 2. The van der Waals surface area contributed by atoms with Crippen LogP contribution in [-0.2, 0) is 10.9 Å². The minimum atomic E-state index is -4.35. The van der Waals surface area contributed by atoms with Crippen LogP contribution in [0.1, 0.15) is 11.3 Å². The molecule has 2 aromatic rings. The van der Waals surface area contributed by atoms with E-state index in [1.807, 2.05) is 0 Å². The highest BCUT2D eigenvalue weighted by Gasteiger charge is 2.29. The number of rotatable bonds is 6. The second-order valence-electron chi connectivity index (χ2n) is 4.84. The van der Waals surface area contributed by atoms with Gasteiger partial charge in [-0.3, -0.25) is 0 Å². The molecule has 0 saturated carbocycles. The number of ether oxygens (including phenoxy) is 1. The third-order valence-electron chi connectivity index (χ3n) is 2.93. The maximum absolute atomic E-state index is 12.5. The van der Waals surface area contributed by atoms with E-state index in [9.17, 15) is 13.2 Å². The lowest BCUT2D eigenvalue weighted by molar-refractivity contribution is -0.137. The fraction of sp³-hybridized carbons (Fsp3) is 0.333. The summed E-state index contributed by atoms with van der Waals surface area (Å²) in [4.78, 5) is 8.47. The van der Waals surface area contributed by atoms with Crippen molar-refractivity contribution in [2.45, 2.75) is 13.1 Å². The van der Waals surface area contributed by atoms with E-state index in [2.05, 4.69) is 20.6 Å². The van der Waals surface area contributed by atoms with Gasteiger partial charge in [-0.2, -0.15) is 18.2 Å². The smallest absolute Gasteiger partial charge is 0.383 e. The van der Waals surface area contributed by atoms with Gasteiger partial charge in [0.1, 0.15) is 5.82 Å². The zero-order chi connectivity index (χ0) is 16.9. The first-order chi connectivity index (χ1) is 10.9. The van der Waals surface area contributed by atoms with E-state index < -0.39 is 11.7 Å². The van der Waals surface area contributed by atoms with Crippen molar-refractivity contribution in [2.75, 3.05) is 30.9 Å². The molecule has 0 unspecified atom stereocenters. The minimum absolute atomic E-state index is 0.310. The molecular weight excluding hydrogens is 309 g/mol. The molecule has 0 spiro atoms. The van der Waals surface area contributed by atoms with Crippen molar-refractivity contribution in [1.29, 1.82) is 0 Å². The zero-order valence-corrected chi connectivity index (χ0v) is 12.7. The highest BCUT2D eigenvalue weighted by molar-refractivity contribution is 5.55. The van der Waals surface area contributed by atoms with Crippen molar-refractivity contribution in [2.24, 2.45) is 0 Å². The van der Waals surface area contributed by atoms with Crippen LogP contribution in [0.2, 0.25) is 0 Å². The molecule has 1 heterocycles. The molecule has 0 bridgehead atoms.